The van der Waals surface area contributed by atoms with Crippen LogP contribution in [0.1, 0.15) is 52.1 Å². The second-order valence-corrected chi connectivity index (χ2v) is 7.40. The van der Waals surface area contributed by atoms with Crippen molar-refractivity contribution in [2.45, 2.75) is 32.1 Å². The lowest BCUT2D eigenvalue weighted by molar-refractivity contribution is 0.0706. The third-order valence-electron chi connectivity index (χ3n) is 5.39. The number of oxazole rings is 1. The van der Waals surface area contributed by atoms with Crippen molar-refractivity contribution in [3.63, 3.8) is 0 Å². The van der Waals surface area contributed by atoms with Gasteiger partial charge in [-0.05, 0) is 42.7 Å². The first-order valence-corrected chi connectivity index (χ1v) is 9.92. The van der Waals surface area contributed by atoms with Crippen LogP contribution in [0, 0.1) is 6.92 Å². The van der Waals surface area contributed by atoms with Gasteiger partial charge in [0.05, 0.1) is 7.11 Å². The summed E-state index contributed by atoms with van der Waals surface area (Å²) >= 11 is 0. The molecule has 0 bridgehead atoms. The summed E-state index contributed by atoms with van der Waals surface area (Å²) in [5.74, 6) is 1.68. The molecule has 0 radical (unpaired) electrons. The Morgan fingerprint density at radius 2 is 1.97 bits per heavy atom. The number of aryl methyl sites for hydroxylation is 1. The number of hydrogen-bond donors (Lipinski definition) is 0. The van der Waals surface area contributed by atoms with Gasteiger partial charge in [-0.2, -0.15) is 0 Å². The molecule has 1 fully saturated rings. The number of carbonyl (C=O) groups is 1. The Kier molecular flexibility index (Phi) is 5.60. The van der Waals surface area contributed by atoms with Crippen LogP contribution in [-0.2, 0) is 6.42 Å². The highest BCUT2D eigenvalue weighted by atomic mass is 16.5. The summed E-state index contributed by atoms with van der Waals surface area (Å²) in [6, 6.07) is 14.3. The van der Waals surface area contributed by atoms with Gasteiger partial charge >= 0.3 is 0 Å². The fourth-order valence-corrected chi connectivity index (χ4v) is 3.82. The molecule has 1 aliphatic heterocycles. The minimum atomic E-state index is -0.0555. The van der Waals surface area contributed by atoms with Gasteiger partial charge in [-0.1, -0.05) is 18.2 Å². The summed E-state index contributed by atoms with van der Waals surface area (Å²) < 4.78 is 10.5. The van der Waals surface area contributed by atoms with E-state index in [9.17, 15) is 4.79 Å². The normalized spacial score (nSPS) is 14.8. The summed E-state index contributed by atoms with van der Waals surface area (Å²) in [6.45, 7) is 3.15. The Morgan fingerprint density at radius 1 is 1.17 bits per heavy atom. The van der Waals surface area contributed by atoms with Crippen LogP contribution in [0.4, 0.5) is 0 Å². The Labute approximate surface area is 170 Å². The van der Waals surface area contributed by atoms with Crippen LogP contribution >= 0.6 is 0 Å². The zero-order chi connectivity index (χ0) is 20.2. The molecule has 0 N–H and O–H groups in total. The number of amides is 1. The average Bonchev–Trinajstić information content (AvgIpc) is 3.20. The van der Waals surface area contributed by atoms with E-state index in [0.717, 1.165) is 36.4 Å². The van der Waals surface area contributed by atoms with Gasteiger partial charge in [-0.25, -0.2) is 4.98 Å². The molecule has 3 heterocycles. The number of rotatable bonds is 5. The van der Waals surface area contributed by atoms with Crippen LogP contribution in [0.5, 0.6) is 5.75 Å². The average molecular weight is 391 g/mol. The van der Waals surface area contributed by atoms with E-state index in [-0.39, 0.29) is 5.91 Å². The number of nitrogens with zero attached hydrogens (tertiary/aromatic N) is 3. The number of likely N-dealkylation sites (tertiary alicyclic amines) is 1. The number of benzene rings is 1. The van der Waals surface area contributed by atoms with Crippen LogP contribution in [0.15, 0.2) is 53.1 Å². The van der Waals surface area contributed by atoms with E-state index in [1.165, 1.54) is 11.8 Å². The zero-order valence-electron chi connectivity index (χ0n) is 16.8. The molecule has 1 amide bonds. The first-order valence-electron chi connectivity index (χ1n) is 9.92. The Morgan fingerprint density at radius 3 is 2.69 bits per heavy atom. The van der Waals surface area contributed by atoms with Crippen molar-refractivity contribution in [2.24, 2.45) is 0 Å². The number of hydrogen-bond acceptors (Lipinski definition) is 5. The molecule has 1 saturated heterocycles. The van der Waals surface area contributed by atoms with Crippen molar-refractivity contribution in [3.8, 4) is 5.75 Å². The molecule has 29 heavy (non-hydrogen) atoms. The molecule has 6 nitrogen and oxygen atoms in total. The van der Waals surface area contributed by atoms with Gasteiger partial charge in [-0.15, -0.1) is 0 Å². The maximum absolute atomic E-state index is 12.5. The number of methoxy groups -OCH3 is 1. The molecule has 1 aromatic carbocycles. The van der Waals surface area contributed by atoms with E-state index >= 15 is 0 Å². The van der Waals surface area contributed by atoms with Crippen molar-refractivity contribution >= 4 is 5.91 Å². The highest BCUT2D eigenvalue weighted by Gasteiger charge is 2.26. The predicted octanol–water partition coefficient (Wildman–Crippen LogP) is 4.00. The first-order chi connectivity index (χ1) is 14.1. The number of piperidine rings is 1. The van der Waals surface area contributed by atoms with E-state index in [1.54, 1.807) is 14.0 Å². The number of aromatic nitrogens is 2. The topological polar surface area (TPSA) is 68.5 Å². The van der Waals surface area contributed by atoms with Crippen molar-refractivity contribution in [1.29, 1.82) is 0 Å². The summed E-state index contributed by atoms with van der Waals surface area (Å²) in [5.41, 5.74) is 3.72. The van der Waals surface area contributed by atoms with Crippen LogP contribution in [0.2, 0.25) is 0 Å². The molecule has 1 aliphatic rings. The minimum Gasteiger partial charge on any atom is -0.497 e. The molecule has 3 aromatic rings. The smallest absolute Gasteiger partial charge is 0.275 e. The fraction of sp³-hybridized carbons (Fsp3) is 0.348. The van der Waals surface area contributed by atoms with E-state index in [1.807, 2.05) is 23.1 Å². The standard InChI is InChI=1S/C23H25N3O3/c1-16-24-22(15-29-16)23(27)26-11-9-18(10-12-26)21-8-4-6-19(25-21)13-17-5-3-7-20(14-17)28-2/h3-8,14-15,18H,9-13H2,1-2H3. The molecular weight excluding hydrogens is 366 g/mol. The zero-order valence-corrected chi connectivity index (χ0v) is 16.8. The van der Waals surface area contributed by atoms with E-state index < -0.39 is 0 Å². The molecule has 150 valence electrons. The van der Waals surface area contributed by atoms with E-state index in [4.69, 9.17) is 14.1 Å². The lowest BCUT2D eigenvalue weighted by Gasteiger charge is -2.31. The first kappa shape index (κ1) is 19.2. The van der Waals surface area contributed by atoms with Crippen molar-refractivity contribution in [3.05, 3.63) is 77.3 Å². The number of pyridine rings is 1. The highest BCUT2D eigenvalue weighted by molar-refractivity contribution is 5.92. The molecule has 0 saturated carbocycles. The fourth-order valence-electron chi connectivity index (χ4n) is 3.82. The van der Waals surface area contributed by atoms with Gasteiger partial charge in [0, 0.05) is 43.7 Å². The van der Waals surface area contributed by atoms with Gasteiger partial charge in [0.25, 0.3) is 5.91 Å². The summed E-state index contributed by atoms with van der Waals surface area (Å²) in [6.07, 6.45) is 4.01. The van der Waals surface area contributed by atoms with Crippen LogP contribution in [-0.4, -0.2) is 41.0 Å². The second-order valence-electron chi connectivity index (χ2n) is 7.40. The Balaban J connectivity index is 1.40. The van der Waals surface area contributed by atoms with E-state index in [2.05, 4.69) is 29.2 Å². The Hall–Kier alpha value is -3.15. The quantitative estimate of drug-likeness (QED) is 0.658. The van der Waals surface area contributed by atoms with Crippen LogP contribution in [0.3, 0.4) is 0 Å². The van der Waals surface area contributed by atoms with Gasteiger partial charge < -0.3 is 14.1 Å². The van der Waals surface area contributed by atoms with Crippen LogP contribution in [0.25, 0.3) is 0 Å². The Bertz CT molecular complexity index is 990. The van der Waals surface area contributed by atoms with Gasteiger partial charge in [0.1, 0.15) is 12.0 Å². The molecule has 0 spiro atoms. The van der Waals surface area contributed by atoms with Crippen molar-refractivity contribution in [2.75, 3.05) is 20.2 Å². The molecular formula is C23H25N3O3. The number of ether oxygens (including phenoxy) is 1. The van der Waals surface area contributed by atoms with E-state index in [0.29, 0.717) is 30.6 Å². The second kappa shape index (κ2) is 8.47. The van der Waals surface area contributed by atoms with Gasteiger partial charge in [-0.3, -0.25) is 9.78 Å². The third-order valence-corrected chi connectivity index (χ3v) is 5.39. The SMILES string of the molecule is COc1cccc(Cc2cccc(C3CCN(C(=O)c4coc(C)n4)CC3)n2)c1. The molecule has 0 aliphatic carbocycles. The summed E-state index contributed by atoms with van der Waals surface area (Å²) in [5, 5.41) is 0. The van der Waals surface area contributed by atoms with Gasteiger partial charge in [0.2, 0.25) is 0 Å². The maximum atomic E-state index is 12.5. The van der Waals surface area contributed by atoms with Gasteiger partial charge in [0.15, 0.2) is 11.6 Å². The monoisotopic (exact) mass is 391 g/mol. The highest BCUT2D eigenvalue weighted by Crippen LogP contribution is 2.28. The third kappa shape index (κ3) is 4.47. The summed E-state index contributed by atoms with van der Waals surface area (Å²) in [4.78, 5) is 23.5. The lowest BCUT2D eigenvalue weighted by atomic mass is 9.92. The molecule has 2 aromatic heterocycles. The molecule has 4 rings (SSSR count). The number of carbonyl (C=O) groups excluding carboxylic acids is 1. The van der Waals surface area contributed by atoms with Crippen LogP contribution < -0.4 is 4.74 Å². The lowest BCUT2D eigenvalue weighted by Crippen LogP contribution is -2.38. The predicted molar refractivity (Wildman–Crippen MR) is 109 cm³/mol. The summed E-state index contributed by atoms with van der Waals surface area (Å²) in [7, 11) is 1.68. The van der Waals surface area contributed by atoms with Crippen molar-refractivity contribution < 1.29 is 13.9 Å². The van der Waals surface area contributed by atoms with Crippen molar-refractivity contribution in [1.82, 2.24) is 14.9 Å². The molecule has 0 atom stereocenters. The molecule has 6 heteroatoms. The molecule has 0 unspecified atom stereocenters. The largest absolute Gasteiger partial charge is 0.497 e. The maximum Gasteiger partial charge on any atom is 0.275 e. The minimum absolute atomic E-state index is 0.0555.